The Labute approximate surface area is 154 Å². The van der Waals surface area contributed by atoms with Gasteiger partial charge in [-0.05, 0) is 43.3 Å². The molecule has 3 rings (SSSR count). The van der Waals surface area contributed by atoms with Gasteiger partial charge >= 0.3 is 0 Å². The minimum atomic E-state index is -0.171. The van der Waals surface area contributed by atoms with Crippen LogP contribution < -0.4 is 5.32 Å². The Morgan fingerprint density at radius 1 is 0.962 bits per heavy atom. The molecule has 0 unspecified atom stereocenters. The first kappa shape index (κ1) is 18.1. The molecule has 5 heteroatoms. The average Bonchev–Trinajstić information content (AvgIpc) is 2.70. The van der Waals surface area contributed by atoms with E-state index < -0.39 is 0 Å². The molecule has 0 aromatic heterocycles. The van der Waals surface area contributed by atoms with E-state index in [1.165, 1.54) is 0 Å². The van der Waals surface area contributed by atoms with Crippen LogP contribution >= 0.6 is 0 Å². The number of piperazine rings is 1. The molecule has 1 heterocycles. The fourth-order valence-corrected chi connectivity index (χ4v) is 3.12. The van der Waals surface area contributed by atoms with Crippen molar-refractivity contribution in [3.63, 3.8) is 0 Å². The molecular weight excluding hydrogens is 326 g/mol. The molecule has 136 valence electrons. The summed E-state index contributed by atoms with van der Waals surface area (Å²) in [6.45, 7) is 8.38. The standard InChI is InChI=1S/C21H25N3O2/c1-3-23-11-13-24(14-12-23)21(26)18-10-9-16(2)19(15-18)22-20(25)17-7-5-4-6-8-17/h4-10,15H,3,11-14H2,1-2H3,(H,22,25). The van der Waals surface area contributed by atoms with Gasteiger partial charge in [-0.3, -0.25) is 9.59 Å². The van der Waals surface area contributed by atoms with Crippen molar-refractivity contribution in [2.75, 3.05) is 38.0 Å². The van der Waals surface area contributed by atoms with Crippen LogP contribution in [0.5, 0.6) is 0 Å². The second kappa shape index (κ2) is 8.15. The first-order valence-electron chi connectivity index (χ1n) is 9.07. The summed E-state index contributed by atoms with van der Waals surface area (Å²) in [7, 11) is 0. The Balaban J connectivity index is 1.73. The van der Waals surface area contributed by atoms with Gasteiger partial charge in [-0.1, -0.05) is 31.2 Å². The van der Waals surface area contributed by atoms with E-state index in [1.807, 2.05) is 42.2 Å². The van der Waals surface area contributed by atoms with Crippen molar-refractivity contribution in [3.05, 3.63) is 65.2 Å². The van der Waals surface area contributed by atoms with Gasteiger partial charge in [-0.15, -0.1) is 0 Å². The number of carbonyl (C=O) groups is 2. The molecule has 1 N–H and O–H groups in total. The lowest BCUT2D eigenvalue weighted by Gasteiger charge is -2.34. The SMILES string of the molecule is CCN1CCN(C(=O)c2ccc(C)c(NC(=O)c3ccccc3)c2)CC1. The predicted octanol–water partition coefficient (Wildman–Crippen LogP) is 3.03. The van der Waals surface area contributed by atoms with Gasteiger partial charge in [0.05, 0.1) is 0 Å². The molecule has 2 aromatic carbocycles. The number of anilines is 1. The molecule has 5 nitrogen and oxygen atoms in total. The van der Waals surface area contributed by atoms with Crippen molar-refractivity contribution in [1.29, 1.82) is 0 Å². The molecule has 26 heavy (non-hydrogen) atoms. The van der Waals surface area contributed by atoms with E-state index in [2.05, 4.69) is 17.1 Å². The molecule has 1 fully saturated rings. The van der Waals surface area contributed by atoms with E-state index in [9.17, 15) is 9.59 Å². The van der Waals surface area contributed by atoms with Crippen molar-refractivity contribution >= 4 is 17.5 Å². The lowest BCUT2D eigenvalue weighted by Crippen LogP contribution is -2.48. The molecule has 0 spiro atoms. The second-order valence-electron chi connectivity index (χ2n) is 6.58. The Morgan fingerprint density at radius 2 is 1.65 bits per heavy atom. The summed E-state index contributed by atoms with van der Waals surface area (Å²) in [5.41, 5.74) is 2.82. The largest absolute Gasteiger partial charge is 0.336 e. The van der Waals surface area contributed by atoms with Crippen molar-refractivity contribution in [3.8, 4) is 0 Å². The van der Waals surface area contributed by atoms with Gasteiger partial charge in [0.25, 0.3) is 11.8 Å². The average molecular weight is 351 g/mol. The van der Waals surface area contributed by atoms with Gasteiger partial charge < -0.3 is 15.1 Å². The number of nitrogens with zero attached hydrogens (tertiary/aromatic N) is 2. The van der Waals surface area contributed by atoms with Crippen molar-refractivity contribution in [1.82, 2.24) is 9.80 Å². The van der Waals surface area contributed by atoms with E-state index in [0.29, 0.717) is 16.8 Å². The van der Waals surface area contributed by atoms with E-state index in [1.54, 1.807) is 18.2 Å². The first-order valence-corrected chi connectivity index (χ1v) is 9.07. The predicted molar refractivity (Wildman–Crippen MR) is 104 cm³/mol. The molecule has 2 amide bonds. The number of likely N-dealkylation sites (N-methyl/N-ethyl adjacent to an activating group) is 1. The van der Waals surface area contributed by atoms with Crippen molar-refractivity contribution < 1.29 is 9.59 Å². The van der Waals surface area contributed by atoms with Gasteiger partial charge in [-0.25, -0.2) is 0 Å². The summed E-state index contributed by atoms with van der Waals surface area (Å²) in [4.78, 5) is 29.4. The smallest absolute Gasteiger partial charge is 0.255 e. The number of rotatable bonds is 4. The summed E-state index contributed by atoms with van der Waals surface area (Å²) in [6.07, 6.45) is 0. The maximum Gasteiger partial charge on any atom is 0.255 e. The van der Waals surface area contributed by atoms with Gasteiger partial charge in [0.2, 0.25) is 0 Å². The van der Waals surface area contributed by atoms with E-state index in [-0.39, 0.29) is 11.8 Å². The van der Waals surface area contributed by atoms with Gasteiger partial charge in [-0.2, -0.15) is 0 Å². The minimum Gasteiger partial charge on any atom is -0.336 e. The number of hydrogen-bond donors (Lipinski definition) is 1. The summed E-state index contributed by atoms with van der Waals surface area (Å²) in [5, 5.41) is 2.92. The fraction of sp³-hybridized carbons (Fsp3) is 0.333. The first-order chi connectivity index (χ1) is 12.6. The summed E-state index contributed by atoms with van der Waals surface area (Å²) >= 11 is 0. The normalized spacial score (nSPS) is 14.9. The third-order valence-electron chi connectivity index (χ3n) is 4.88. The molecule has 2 aromatic rings. The lowest BCUT2D eigenvalue weighted by molar-refractivity contribution is 0.0643. The zero-order valence-corrected chi connectivity index (χ0v) is 15.4. The number of amides is 2. The lowest BCUT2D eigenvalue weighted by atomic mass is 10.1. The van der Waals surface area contributed by atoms with Crippen LogP contribution in [0.2, 0.25) is 0 Å². The van der Waals surface area contributed by atoms with Gasteiger partial charge in [0.1, 0.15) is 0 Å². The fourth-order valence-electron chi connectivity index (χ4n) is 3.12. The zero-order chi connectivity index (χ0) is 18.5. The highest BCUT2D eigenvalue weighted by atomic mass is 16.2. The van der Waals surface area contributed by atoms with Crippen LogP contribution in [0, 0.1) is 6.92 Å². The molecule has 0 saturated carbocycles. The van der Waals surface area contributed by atoms with Crippen LogP contribution in [-0.4, -0.2) is 54.3 Å². The molecule has 0 atom stereocenters. The highest BCUT2D eigenvalue weighted by Crippen LogP contribution is 2.20. The number of nitrogens with one attached hydrogen (secondary N) is 1. The highest BCUT2D eigenvalue weighted by Gasteiger charge is 2.22. The number of benzene rings is 2. The quantitative estimate of drug-likeness (QED) is 0.921. The van der Waals surface area contributed by atoms with Crippen LogP contribution in [0.3, 0.4) is 0 Å². The van der Waals surface area contributed by atoms with Crippen molar-refractivity contribution in [2.45, 2.75) is 13.8 Å². The van der Waals surface area contributed by atoms with E-state index >= 15 is 0 Å². The van der Waals surface area contributed by atoms with E-state index in [0.717, 1.165) is 38.3 Å². The second-order valence-corrected chi connectivity index (χ2v) is 6.58. The van der Waals surface area contributed by atoms with Crippen LogP contribution in [0.4, 0.5) is 5.69 Å². The highest BCUT2D eigenvalue weighted by molar-refractivity contribution is 6.05. The van der Waals surface area contributed by atoms with Crippen LogP contribution in [0.15, 0.2) is 48.5 Å². The third-order valence-corrected chi connectivity index (χ3v) is 4.88. The number of carbonyl (C=O) groups excluding carboxylic acids is 2. The monoisotopic (exact) mass is 351 g/mol. The van der Waals surface area contributed by atoms with Gasteiger partial charge in [0, 0.05) is 43.0 Å². The molecule has 0 bridgehead atoms. The number of aryl methyl sites for hydroxylation is 1. The molecule has 1 aliphatic heterocycles. The van der Waals surface area contributed by atoms with Gasteiger partial charge in [0.15, 0.2) is 0 Å². The maximum absolute atomic E-state index is 12.8. The van der Waals surface area contributed by atoms with Crippen LogP contribution in [-0.2, 0) is 0 Å². The zero-order valence-electron chi connectivity index (χ0n) is 15.4. The summed E-state index contributed by atoms with van der Waals surface area (Å²) in [5.74, 6) is -0.147. The topological polar surface area (TPSA) is 52.6 Å². The van der Waals surface area contributed by atoms with Crippen molar-refractivity contribution in [2.24, 2.45) is 0 Å². The summed E-state index contributed by atoms with van der Waals surface area (Å²) < 4.78 is 0. The van der Waals surface area contributed by atoms with E-state index in [4.69, 9.17) is 0 Å². The summed E-state index contributed by atoms with van der Waals surface area (Å²) in [6, 6.07) is 14.6. The Bertz CT molecular complexity index is 781. The molecular formula is C21H25N3O2. The molecule has 1 aliphatic rings. The minimum absolute atomic E-state index is 0.0240. The third kappa shape index (κ3) is 4.11. The Hall–Kier alpha value is -2.66. The van der Waals surface area contributed by atoms with Crippen LogP contribution in [0.25, 0.3) is 0 Å². The Morgan fingerprint density at radius 3 is 2.31 bits per heavy atom. The molecule has 0 radical (unpaired) electrons. The molecule has 1 saturated heterocycles. The Kier molecular flexibility index (Phi) is 5.68. The maximum atomic E-state index is 12.8. The van der Waals surface area contributed by atoms with Crippen LogP contribution in [0.1, 0.15) is 33.2 Å². The number of hydrogen-bond acceptors (Lipinski definition) is 3. The molecule has 0 aliphatic carbocycles.